The van der Waals surface area contributed by atoms with Crippen LogP contribution in [-0.2, 0) is 6.42 Å². The predicted molar refractivity (Wildman–Crippen MR) is 69.6 cm³/mol. The molecule has 16 heavy (non-hydrogen) atoms. The first-order valence-corrected chi connectivity index (χ1v) is 6.65. The highest BCUT2D eigenvalue weighted by Gasteiger charge is 2.21. The van der Waals surface area contributed by atoms with E-state index in [1.807, 2.05) is 0 Å². The van der Waals surface area contributed by atoms with Gasteiger partial charge in [0.15, 0.2) is 0 Å². The summed E-state index contributed by atoms with van der Waals surface area (Å²) in [5, 5.41) is 0. The van der Waals surface area contributed by atoms with E-state index < -0.39 is 0 Å². The molecule has 0 radical (unpaired) electrons. The fourth-order valence-electron chi connectivity index (χ4n) is 2.75. The molecule has 0 aliphatic heterocycles. The second-order valence-electron chi connectivity index (χ2n) is 5.00. The summed E-state index contributed by atoms with van der Waals surface area (Å²) in [4.78, 5) is 0. The molecular weight excluding hydrogens is 194 g/mol. The maximum absolute atomic E-state index is 6.28. The topological polar surface area (TPSA) is 26.0 Å². The van der Waals surface area contributed by atoms with E-state index in [0.717, 1.165) is 6.42 Å². The zero-order valence-corrected chi connectivity index (χ0v) is 10.3. The van der Waals surface area contributed by atoms with Gasteiger partial charge in [-0.2, -0.15) is 0 Å². The van der Waals surface area contributed by atoms with E-state index in [2.05, 4.69) is 31.2 Å². The van der Waals surface area contributed by atoms with Crippen molar-refractivity contribution in [1.82, 2.24) is 0 Å². The second-order valence-corrected chi connectivity index (χ2v) is 5.00. The first-order valence-electron chi connectivity index (χ1n) is 6.65. The smallest absolute Gasteiger partial charge is 0.0108 e. The summed E-state index contributed by atoms with van der Waals surface area (Å²) >= 11 is 0. The molecule has 88 valence electrons. The Morgan fingerprint density at radius 3 is 2.44 bits per heavy atom. The standard InChI is InChI=1S/C15H23N/c1-2-12-8-10-13(11-9-12)14-6-4-3-5-7-15(14)16/h8-11,14-15H,2-7,16H2,1H3. The van der Waals surface area contributed by atoms with Crippen molar-refractivity contribution in [3.05, 3.63) is 35.4 Å². The van der Waals surface area contributed by atoms with E-state index in [-0.39, 0.29) is 0 Å². The zero-order chi connectivity index (χ0) is 11.4. The van der Waals surface area contributed by atoms with Crippen molar-refractivity contribution in [2.75, 3.05) is 0 Å². The Morgan fingerprint density at radius 2 is 1.75 bits per heavy atom. The molecule has 0 bridgehead atoms. The normalized spacial score (nSPS) is 26.4. The number of hydrogen-bond acceptors (Lipinski definition) is 1. The lowest BCUT2D eigenvalue weighted by Gasteiger charge is -2.21. The van der Waals surface area contributed by atoms with Gasteiger partial charge >= 0.3 is 0 Å². The van der Waals surface area contributed by atoms with Gasteiger partial charge in [0, 0.05) is 6.04 Å². The number of hydrogen-bond donors (Lipinski definition) is 1. The third kappa shape index (κ3) is 2.65. The average Bonchev–Trinajstić information content (AvgIpc) is 2.54. The summed E-state index contributed by atoms with van der Waals surface area (Å²) < 4.78 is 0. The first-order chi connectivity index (χ1) is 7.81. The van der Waals surface area contributed by atoms with Crippen molar-refractivity contribution in [1.29, 1.82) is 0 Å². The van der Waals surface area contributed by atoms with Crippen molar-refractivity contribution >= 4 is 0 Å². The number of rotatable bonds is 2. The summed E-state index contributed by atoms with van der Waals surface area (Å²) in [5.41, 5.74) is 9.15. The van der Waals surface area contributed by atoms with Crippen molar-refractivity contribution in [3.63, 3.8) is 0 Å². The highest BCUT2D eigenvalue weighted by molar-refractivity contribution is 5.26. The predicted octanol–water partition coefficient (Wildman–Crippen LogP) is 3.62. The fourth-order valence-corrected chi connectivity index (χ4v) is 2.75. The number of aryl methyl sites for hydroxylation is 1. The first kappa shape index (κ1) is 11.7. The van der Waals surface area contributed by atoms with Crippen LogP contribution in [-0.4, -0.2) is 6.04 Å². The van der Waals surface area contributed by atoms with Crippen LogP contribution < -0.4 is 5.73 Å². The SMILES string of the molecule is CCc1ccc(C2CCCCCC2N)cc1. The van der Waals surface area contributed by atoms with E-state index in [1.165, 1.54) is 43.2 Å². The van der Waals surface area contributed by atoms with Gasteiger partial charge in [0.1, 0.15) is 0 Å². The summed E-state index contributed by atoms with van der Waals surface area (Å²) in [6, 6.07) is 9.46. The van der Waals surface area contributed by atoms with E-state index in [4.69, 9.17) is 5.73 Å². The molecule has 1 aliphatic rings. The van der Waals surface area contributed by atoms with Gasteiger partial charge in [0.2, 0.25) is 0 Å². The van der Waals surface area contributed by atoms with Crippen molar-refractivity contribution < 1.29 is 0 Å². The molecule has 1 aromatic rings. The molecular formula is C15H23N. The largest absolute Gasteiger partial charge is 0.327 e. The highest BCUT2D eigenvalue weighted by atomic mass is 14.6. The number of nitrogens with two attached hydrogens (primary N) is 1. The molecule has 2 atom stereocenters. The van der Waals surface area contributed by atoms with Crippen LogP contribution in [0.3, 0.4) is 0 Å². The Hall–Kier alpha value is -0.820. The zero-order valence-electron chi connectivity index (χ0n) is 10.3. The van der Waals surface area contributed by atoms with Gasteiger partial charge in [-0.1, -0.05) is 50.5 Å². The van der Waals surface area contributed by atoms with Crippen molar-refractivity contribution in [2.24, 2.45) is 5.73 Å². The maximum atomic E-state index is 6.28. The second kappa shape index (κ2) is 5.49. The summed E-state index contributed by atoms with van der Waals surface area (Å²) in [6.07, 6.45) is 7.60. The van der Waals surface area contributed by atoms with Crippen molar-refractivity contribution in [2.45, 2.75) is 57.4 Å². The Labute approximate surface area is 99.0 Å². The quantitative estimate of drug-likeness (QED) is 0.752. The van der Waals surface area contributed by atoms with Gasteiger partial charge in [-0.3, -0.25) is 0 Å². The lowest BCUT2D eigenvalue weighted by Crippen LogP contribution is -2.27. The third-order valence-corrected chi connectivity index (χ3v) is 3.89. The summed E-state index contributed by atoms with van der Waals surface area (Å²) in [7, 11) is 0. The minimum atomic E-state index is 0.370. The Bertz CT molecular complexity index is 315. The van der Waals surface area contributed by atoms with Crippen LogP contribution in [0.1, 0.15) is 56.1 Å². The van der Waals surface area contributed by atoms with Gasteiger partial charge < -0.3 is 5.73 Å². The molecule has 1 saturated carbocycles. The monoisotopic (exact) mass is 217 g/mol. The summed E-state index contributed by atoms with van der Waals surface area (Å²) in [6.45, 7) is 2.20. The van der Waals surface area contributed by atoms with Crippen molar-refractivity contribution in [3.8, 4) is 0 Å². The number of benzene rings is 1. The van der Waals surface area contributed by atoms with E-state index >= 15 is 0 Å². The molecule has 0 heterocycles. The van der Waals surface area contributed by atoms with E-state index in [9.17, 15) is 0 Å². The van der Waals surface area contributed by atoms with Crippen LogP contribution in [0.4, 0.5) is 0 Å². The average molecular weight is 217 g/mol. The molecule has 2 rings (SSSR count). The molecule has 1 heteroatoms. The molecule has 1 fully saturated rings. The summed E-state index contributed by atoms with van der Waals surface area (Å²) in [5.74, 6) is 0.591. The van der Waals surface area contributed by atoms with Crippen LogP contribution in [0.5, 0.6) is 0 Å². The van der Waals surface area contributed by atoms with Crippen LogP contribution in [0.2, 0.25) is 0 Å². The molecule has 1 aromatic carbocycles. The lowest BCUT2D eigenvalue weighted by molar-refractivity contribution is 0.505. The van der Waals surface area contributed by atoms with Gasteiger partial charge in [-0.05, 0) is 36.3 Å². The molecule has 0 amide bonds. The van der Waals surface area contributed by atoms with Gasteiger partial charge in [0.05, 0.1) is 0 Å². The van der Waals surface area contributed by atoms with E-state index in [1.54, 1.807) is 0 Å². The van der Waals surface area contributed by atoms with Crippen LogP contribution >= 0.6 is 0 Å². The molecule has 0 aromatic heterocycles. The fraction of sp³-hybridized carbons (Fsp3) is 0.600. The van der Waals surface area contributed by atoms with Gasteiger partial charge in [0.25, 0.3) is 0 Å². The highest BCUT2D eigenvalue weighted by Crippen LogP contribution is 2.30. The molecule has 2 N–H and O–H groups in total. The van der Waals surface area contributed by atoms with E-state index in [0.29, 0.717) is 12.0 Å². The Kier molecular flexibility index (Phi) is 4.00. The maximum Gasteiger partial charge on any atom is 0.0108 e. The third-order valence-electron chi connectivity index (χ3n) is 3.89. The minimum absolute atomic E-state index is 0.370. The molecule has 0 spiro atoms. The lowest BCUT2D eigenvalue weighted by atomic mass is 9.87. The minimum Gasteiger partial charge on any atom is -0.327 e. The van der Waals surface area contributed by atoms with Crippen LogP contribution in [0, 0.1) is 0 Å². The molecule has 1 aliphatic carbocycles. The van der Waals surface area contributed by atoms with Crippen LogP contribution in [0.15, 0.2) is 24.3 Å². The van der Waals surface area contributed by atoms with Gasteiger partial charge in [-0.25, -0.2) is 0 Å². The van der Waals surface area contributed by atoms with Gasteiger partial charge in [-0.15, -0.1) is 0 Å². The van der Waals surface area contributed by atoms with Crippen LogP contribution in [0.25, 0.3) is 0 Å². The Balaban J connectivity index is 2.14. The Morgan fingerprint density at radius 1 is 1.06 bits per heavy atom. The molecule has 0 saturated heterocycles. The molecule has 2 unspecified atom stereocenters. The molecule has 1 nitrogen and oxygen atoms in total.